The van der Waals surface area contributed by atoms with E-state index >= 15 is 0 Å². The molecule has 0 aliphatic rings. The Hall–Kier alpha value is -0.350. The maximum absolute atomic E-state index is 4.51. The van der Waals surface area contributed by atoms with Gasteiger partial charge in [-0.15, -0.1) is 0 Å². The highest BCUT2D eigenvalue weighted by Crippen LogP contribution is 2.33. The lowest BCUT2D eigenvalue weighted by molar-refractivity contribution is 0.241. The van der Waals surface area contributed by atoms with Gasteiger partial charge in [-0.1, -0.05) is 20.8 Å². The zero-order valence-corrected chi connectivity index (χ0v) is 14.6. The lowest BCUT2D eigenvalue weighted by atomic mass is 9.78. The van der Waals surface area contributed by atoms with Crippen LogP contribution in [0.5, 0.6) is 0 Å². The molecule has 0 radical (unpaired) electrons. The highest BCUT2D eigenvalue weighted by molar-refractivity contribution is 9.10. The molecule has 1 N–H and O–H groups in total. The van der Waals surface area contributed by atoms with Gasteiger partial charge >= 0.3 is 0 Å². The van der Waals surface area contributed by atoms with Crippen LogP contribution in [0, 0.1) is 12.3 Å². The average Bonchev–Trinajstić information content (AvgIpc) is 2.64. The number of hydrogen-bond donors (Lipinski definition) is 1. The normalized spacial score (nSPS) is 12.1. The summed E-state index contributed by atoms with van der Waals surface area (Å²) >= 11 is 3.69. The molecule has 0 saturated carbocycles. The molecular formula is C15H28BrN3. The van der Waals surface area contributed by atoms with E-state index in [1.165, 1.54) is 29.4 Å². The lowest BCUT2D eigenvalue weighted by Crippen LogP contribution is -2.36. The molecule has 0 amide bonds. The molecule has 4 heteroatoms. The predicted octanol–water partition coefficient (Wildman–Crippen LogP) is 3.84. The third-order valence-electron chi connectivity index (χ3n) is 4.23. The molecular weight excluding hydrogens is 302 g/mol. The van der Waals surface area contributed by atoms with Gasteiger partial charge in [-0.05, 0) is 60.5 Å². The molecule has 0 unspecified atom stereocenters. The third-order valence-corrected chi connectivity index (χ3v) is 5.26. The second-order valence-electron chi connectivity index (χ2n) is 5.53. The van der Waals surface area contributed by atoms with Gasteiger partial charge in [0.15, 0.2) is 0 Å². The monoisotopic (exact) mass is 329 g/mol. The van der Waals surface area contributed by atoms with E-state index < -0.39 is 0 Å². The number of aryl methyl sites for hydroxylation is 2. The Kier molecular flexibility index (Phi) is 6.54. The number of halogens is 1. The number of aromatic nitrogens is 2. The first-order valence-electron chi connectivity index (χ1n) is 7.38. The van der Waals surface area contributed by atoms with Crippen LogP contribution >= 0.6 is 15.9 Å². The molecule has 0 fully saturated rings. The minimum Gasteiger partial charge on any atom is -0.316 e. The Morgan fingerprint density at radius 3 is 2.32 bits per heavy atom. The summed E-state index contributed by atoms with van der Waals surface area (Å²) in [5, 5.41) is 8.11. The Labute approximate surface area is 126 Å². The highest BCUT2D eigenvalue weighted by Gasteiger charge is 2.29. The van der Waals surface area contributed by atoms with Crippen molar-refractivity contribution in [3.05, 3.63) is 15.9 Å². The van der Waals surface area contributed by atoms with Crippen molar-refractivity contribution in [2.75, 3.05) is 13.1 Å². The van der Waals surface area contributed by atoms with E-state index in [2.05, 4.69) is 54.0 Å². The molecule has 0 aliphatic heterocycles. The van der Waals surface area contributed by atoms with Crippen LogP contribution in [-0.2, 0) is 13.5 Å². The topological polar surface area (TPSA) is 29.9 Å². The second kappa shape index (κ2) is 7.44. The van der Waals surface area contributed by atoms with E-state index in [4.69, 9.17) is 0 Å². The van der Waals surface area contributed by atoms with Crippen LogP contribution in [0.15, 0.2) is 4.47 Å². The van der Waals surface area contributed by atoms with Gasteiger partial charge < -0.3 is 5.32 Å². The van der Waals surface area contributed by atoms with Gasteiger partial charge in [0.25, 0.3) is 0 Å². The molecule has 0 spiro atoms. The van der Waals surface area contributed by atoms with Gasteiger partial charge in [0.05, 0.1) is 15.9 Å². The third kappa shape index (κ3) is 4.06. The molecule has 0 atom stereocenters. The van der Waals surface area contributed by atoms with Crippen LogP contribution in [-0.4, -0.2) is 22.9 Å². The number of nitrogens with zero attached hydrogens (tertiary/aromatic N) is 2. The zero-order chi connectivity index (χ0) is 14.5. The van der Waals surface area contributed by atoms with E-state index in [0.29, 0.717) is 5.41 Å². The Balaban J connectivity index is 2.88. The van der Waals surface area contributed by atoms with Crippen molar-refractivity contribution in [1.82, 2.24) is 15.1 Å². The molecule has 0 aliphatic carbocycles. The van der Waals surface area contributed by atoms with Crippen molar-refractivity contribution < 1.29 is 0 Å². The summed E-state index contributed by atoms with van der Waals surface area (Å²) in [6.07, 6.45) is 4.65. The molecule has 1 aromatic heterocycles. The minimum absolute atomic E-state index is 0.331. The van der Waals surface area contributed by atoms with Crippen molar-refractivity contribution >= 4 is 15.9 Å². The van der Waals surface area contributed by atoms with E-state index in [1.807, 2.05) is 11.7 Å². The smallest absolute Gasteiger partial charge is 0.0738 e. The van der Waals surface area contributed by atoms with Crippen LogP contribution in [0.25, 0.3) is 0 Å². The summed E-state index contributed by atoms with van der Waals surface area (Å²) in [5.74, 6) is 0. The molecule has 1 rings (SSSR count). The number of nitrogens with one attached hydrogen (secondary N) is 1. The zero-order valence-electron chi connectivity index (χ0n) is 13.0. The first-order chi connectivity index (χ1) is 8.99. The van der Waals surface area contributed by atoms with Crippen LogP contribution in [0.4, 0.5) is 0 Å². The van der Waals surface area contributed by atoms with Crippen LogP contribution in [0.2, 0.25) is 0 Å². The van der Waals surface area contributed by atoms with Gasteiger partial charge in [-0.2, -0.15) is 5.10 Å². The Morgan fingerprint density at radius 1 is 1.26 bits per heavy atom. The van der Waals surface area contributed by atoms with E-state index in [-0.39, 0.29) is 0 Å². The summed E-state index contributed by atoms with van der Waals surface area (Å²) in [4.78, 5) is 0. The standard InChI is InChI=1S/C15H28BrN3/c1-6-9-17-11-15(7-2,8-3)10-13-14(16)12(4)18-19(13)5/h17H,6-11H2,1-5H3. The summed E-state index contributed by atoms with van der Waals surface area (Å²) < 4.78 is 3.20. The van der Waals surface area contributed by atoms with Crippen LogP contribution < -0.4 is 5.32 Å². The van der Waals surface area contributed by atoms with E-state index in [1.54, 1.807) is 0 Å². The molecule has 0 bridgehead atoms. The summed E-state index contributed by atoms with van der Waals surface area (Å²) in [7, 11) is 2.04. The molecule has 1 aromatic rings. The Bertz CT molecular complexity index is 394. The number of hydrogen-bond acceptors (Lipinski definition) is 2. The van der Waals surface area contributed by atoms with Gasteiger partial charge in [0, 0.05) is 13.6 Å². The quantitative estimate of drug-likeness (QED) is 0.734. The van der Waals surface area contributed by atoms with Crippen molar-refractivity contribution in [2.24, 2.45) is 12.5 Å². The van der Waals surface area contributed by atoms with E-state index in [0.717, 1.165) is 25.2 Å². The first kappa shape index (κ1) is 16.7. The summed E-state index contributed by atoms with van der Waals surface area (Å²) in [5.41, 5.74) is 2.73. The maximum atomic E-state index is 4.51. The maximum Gasteiger partial charge on any atom is 0.0738 e. The first-order valence-corrected chi connectivity index (χ1v) is 8.17. The average molecular weight is 330 g/mol. The predicted molar refractivity (Wildman–Crippen MR) is 85.5 cm³/mol. The molecule has 3 nitrogen and oxygen atoms in total. The fourth-order valence-electron chi connectivity index (χ4n) is 2.57. The highest BCUT2D eigenvalue weighted by atomic mass is 79.9. The molecule has 19 heavy (non-hydrogen) atoms. The van der Waals surface area contributed by atoms with Crippen molar-refractivity contribution in [2.45, 2.75) is 53.4 Å². The van der Waals surface area contributed by atoms with Gasteiger partial charge in [0.2, 0.25) is 0 Å². The molecule has 0 saturated heterocycles. The van der Waals surface area contributed by atoms with Gasteiger partial charge in [-0.25, -0.2) is 0 Å². The minimum atomic E-state index is 0.331. The lowest BCUT2D eigenvalue weighted by Gasteiger charge is -2.32. The van der Waals surface area contributed by atoms with Crippen molar-refractivity contribution in [3.8, 4) is 0 Å². The molecule has 1 heterocycles. The van der Waals surface area contributed by atoms with Gasteiger partial charge in [-0.3, -0.25) is 4.68 Å². The molecule has 110 valence electrons. The molecule has 0 aromatic carbocycles. The Morgan fingerprint density at radius 2 is 1.89 bits per heavy atom. The van der Waals surface area contributed by atoms with E-state index in [9.17, 15) is 0 Å². The summed E-state index contributed by atoms with van der Waals surface area (Å²) in [6, 6.07) is 0. The SMILES string of the molecule is CCCNCC(CC)(CC)Cc1c(Br)c(C)nn1C. The number of rotatable bonds is 8. The largest absolute Gasteiger partial charge is 0.316 e. The van der Waals surface area contributed by atoms with Gasteiger partial charge in [0.1, 0.15) is 0 Å². The second-order valence-corrected chi connectivity index (χ2v) is 6.32. The fraction of sp³-hybridized carbons (Fsp3) is 0.800. The van der Waals surface area contributed by atoms with Crippen molar-refractivity contribution in [3.63, 3.8) is 0 Å². The fourth-order valence-corrected chi connectivity index (χ4v) is 3.05. The van der Waals surface area contributed by atoms with Crippen molar-refractivity contribution in [1.29, 1.82) is 0 Å². The summed E-state index contributed by atoms with van der Waals surface area (Å²) in [6.45, 7) is 11.1. The van der Waals surface area contributed by atoms with Crippen LogP contribution in [0.3, 0.4) is 0 Å². The van der Waals surface area contributed by atoms with Crippen LogP contribution in [0.1, 0.15) is 51.4 Å².